The molecule has 2 rings (SSSR count). The van der Waals surface area contributed by atoms with Crippen LogP contribution in [0.4, 0.5) is 11.5 Å². The zero-order valence-corrected chi connectivity index (χ0v) is 12.3. The normalized spacial score (nSPS) is 17.5. The van der Waals surface area contributed by atoms with Gasteiger partial charge in [0, 0.05) is 13.1 Å². The molecule has 2 N–H and O–H groups in total. The van der Waals surface area contributed by atoms with Crippen molar-refractivity contribution in [1.29, 1.82) is 0 Å². The number of nitrogen functional groups attached to an aromatic ring is 1. The van der Waals surface area contributed by atoms with Gasteiger partial charge in [-0.2, -0.15) is 0 Å². The first-order valence-electron chi connectivity index (χ1n) is 7.05. The van der Waals surface area contributed by atoms with Crippen molar-refractivity contribution in [2.75, 3.05) is 18.8 Å². The molecular weight excluding hydrogens is 272 g/mol. The zero-order chi connectivity index (χ0) is 15.6. The summed E-state index contributed by atoms with van der Waals surface area (Å²) in [6.07, 6.45) is 3.92. The van der Waals surface area contributed by atoms with Gasteiger partial charge in [-0.15, -0.1) is 0 Å². The third-order valence-corrected chi connectivity index (χ3v) is 4.44. The molecule has 1 amide bonds. The lowest BCUT2D eigenvalue weighted by Crippen LogP contribution is -2.42. The van der Waals surface area contributed by atoms with Gasteiger partial charge in [0.15, 0.2) is 0 Å². The summed E-state index contributed by atoms with van der Waals surface area (Å²) in [6.45, 7) is 5.58. The first kappa shape index (κ1) is 15.2. The Balaban J connectivity index is 2.22. The van der Waals surface area contributed by atoms with Gasteiger partial charge in [0.05, 0.1) is 4.92 Å². The molecule has 0 unspecified atom stereocenters. The number of nitro groups is 1. The quantitative estimate of drug-likeness (QED) is 0.679. The fourth-order valence-corrected chi connectivity index (χ4v) is 2.55. The summed E-state index contributed by atoms with van der Waals surface area (Å²) < 4.78 is 0. The second-order valence-corrected chi connectivity index (χ2v) is 5.84. The molecule has 7 heteroatoms. The summed E-state index contributed by atoms with van der Waals surface area (Å²) in [4.78, 5) is 28.3. The van der Waals surface area contributed by atoms with E-state index < -0.39 is 4.92 Å². The number of aromatic nitrogens is 1. The van der Waals surface area contributed by atoms with Gasteiger partial charge < -0.3 is 10.6 Å². The maximum atomic E-state index is 12.5. The average molecular weight is 292 g/mol. The summed E-state index contributed by atoms with van der Waals surface area (Å²) >= 11 is 0. The molecule has 0 aliphatic carbocycles. The smallest absolute Gasteiger partial charge is 0.300 e. The van der Waals surface area contributed by atoms with Crippen LogP contribution in [0.25, 0.3) is 0 Å². The molecule has 0 bridgehead atoms. The van der Waals surface area contributed by atoms with Crippen LogP contribution in [-0.4, -0.2) is 33.8 Å². The molecule has 0 spiro atoms. The lowest BCUT2D eigenvalue weighted by Gasteiger charge is -2.38. The minimum Gasteiger partial charge on any atom is -0.384 e. The molecule has 1 aliphatic rings. The highest BCUT2D eigenvalue weighted by Gasteiger charge is 2.33. The van der Waals surface area contributed by atoms with E-state index in [0.29, 0.717) is 13.1 Å². The van der Waals surface area contributed by atoms with Gasteiger partial charge in [0.1, 0.15) is 17.6 Å². The van der Waals surface area contributed by atoms with Crippen LogP contribution >= 0.6 is 0 Å². The number of carbonyl (C=O) groups excluding carboxylic acids is 1. The van der Waals surface area contributed by atoms with E-state index in [1.54, 1.807) is 4.90 Å². The van der Waals surface area contributed by atoms with E-state index >= 15 is 0 Å². The molecular formula is C14H20N4O3. The Bertz CT molecular complexity index is 565. The number of carbonyl (C=O) groups is 1. The van der Waals surface area contributed by atoms with Crippen LogP contribution in [0, 0.1) is 15.5 Å². The van der Waals surface area contributed by atoms with Gasteiger partial charge in [-0.05, 0) is 24.3 Å². The van der Waals surface area contributed by atoms with E-state index in [0.717, 1.165) is 25.5 Å². The Morgan fingerprint density at radius 1 is 1.52 bits per heavy atom. The van der Waals surface area contributed by atoms with Crippen LogP contribution in [0.3, 0.4) is 0 Å². The van der Waals surface area contributed by atoms with E-state index in [-0.39, 0.29) is 28.4 Å². The van der Waals surface area contributed by atoms with Gasteiger partial charge in [-0.1, -0.05) is 20.3 Å². The first-order valence-corrected chi connectivity index (χ1v) is 7.05. The topological polar surface area (TPSA) is 102 Å². The van der Waals surface area contributed by atoms with E-state index in [1.165, 1.54) is 6.07 Å². The van der Waals surface area contributed by atoms with Gasteiger partial charge in [0.2, 0.25) is 0 Å². The molecule has 1 fully saturated rings. The van der Waals surface area contributed by atoms with Crippen molar-refractivity contribution < 1.29 is 9.72 Å². The van der Waals surface area contributed by atoms with Gasteiger partial charge in [-0.3, -0.25) is 14.9 Å². The lowest BCUT2D eigenvalue weighted by molar-refractivity contribution is -0.385. The summed E-state index contributed by atoms with van der Waals surface area (Å²) in [7, 11) is 0. The Labute approximate surface area is 123 Å². The maximum Gasteiger partial charge on any atom is 0.300 e. The van der Waals surface area contributed by atoms with Crippen LogP contribution in [0.15, 0.2) is 12.3 Å². The SMILES string of the molecule is CCC1(C)CCN(C(=O)c2cc(N)ncc2[N+](=O)[O-])CC1. The molecule has 114 valence electrons. The molecule has 0 saturated carbocycles. The molecule has 7 nitrogen and oxygen atoms in total. The molecule has 2 heterocycles. The van der Waals surface area contributed by atoms with E-state index in [1.807, 2.05) is 0 Å². The van der Waals surface area contributed by atoms with Gasteiger partial charge in [-0.25, -0.2) is 4.98 Å². The minimum atomic E-state index is -0.597. The van der Waals surface area contributed by atoms with Crippen LogP contribution < -0.4 is 5.73 Å². The fourth-order valence-electron chi connectivity index (χ4n) is 2.55. The number of rotatable bonds is 3. The number of pyridine rings is 1. The highest BCUT2D eigenvalue weighted by Crippen LogP contribution is 2.34. The van der Waals surface area contributed by atoms with Gasteiger partial charge >= 0.3 is 0 Å². The monoisotopic (exact) mass is 292 g/mol. The summed E-state index contributed by atoms with van der Waals surface area (Å²) in [5.41, 5.74) is 5.53. The zero-order valence-electron chi connectivity index (χ0n) is 12.3. The van der Waals surface area contributed by atoms with E-state index in [9.17, 15) is 14.9 Å². The second kappa shape index (κ2) is 5.67. The highest BCUT2D eigenvalue weighted by atomic mass is 16.6. The predicted octanol–water partition coefficient (Wildman–Crippen LogP) is 2.22. The molecule has 21 heavy (non-hydrogen) atoms. The summed E-state index contributed by atoms with van der Waals surface area (Å²) in [5.74, 6) is -0.228. The van der Waals surface area contributed by atoms with Crippen LogP contribution in [-0.2, 0) is 0 Å². The van der Waals surface area contributed by atoms with Crippen molar-refractivity contribution in [2.45, 2.75) is 33.1 Å². The van der Waals surface area contributed by atoms with E-state index in [2.05, 4.69) is 18.8 Å². The molecule has 1 saturated heterocycles. The second-order valence-electron chi connectivity index (χ2n) is 5.84. The van der Waals surface area contributed by atoms with Crippen molar-refractivity contribution >= 4 is 17.4 Å². The van der Waals surface area contributed by atoms with Gasteiger partial charge in [0.25, 0.3) is 11.6 Å². The number of nitrogens with zero attached hydrogens (tertiary/aromatic N) is 3. The number of likely N-dealkylation sites (tertiary alicyclic amines) is 1. The lowest BCUT2D eigenvalue weighted by atomic mass is 9.78. The number of piperidine rings is 1. The highest BCUT2D eigenvalue weighted by molar-refractivity contribution is 5.98. The third-order valence-electron chi connectivity index (χ3n) is 4.44. The molecule has 1 aliphatic heterocycles. The number of hydrogen-bond donors (Lipinski definition) is 1. The fraction of sp³-hybridized carbons (Fsp3) is 0.571. The minimum absolute atomic E-state index is 0.0209. The van der Waals surface area contributed by atoms with Crippen molar-refractivity contribution in [3.05, 3.63) is 27.9 Å². The maximum absolute atomic E-state index is 12.5. The van der Waals surface area contributed by atoms with Crippen molar-refractivity contribution in [3.63, 3.8) is 0 Å². The Morgan fingerprint density at radius 2 is 2.14 bits per heavy atom. The standard InChI is InChI=1S/C14H20N4O3/c1-3-14(2)4-6-17(7-5-14)13(19)10-8-12(15)16-9-11(10)18(20)21/h8-9H,3-7H2,1-2H3,(H2,15,16). The van der Waals surface area contributed by atoms with Crippen LogP contribution in [0.1, 0.15) is 43.5 Å². The van der Waals surface area contributed by atoms with Crippen LogP contribution in [0.5, 0.6) is 0 Å². The van der Waals surface area contributed by atoms with Crippen molar-refractivity contribution in [2.24, 2.45) is 5.41 Å². The largest absolute Gasteiger partial charge is 0.384 e. The summed E-state index contributed by atoms with van der Waals surface area (Å²) in [5, 5.41) is 11.0. The first-order chi connectivity index (χ1) is 9.86. The molecule has 0 atom stereocenters. The van der Waals surface area contributed by atoms with Crippen molar-refractivity contribution in [1.82, 2.24) is 9.88 Å². The molecule has 1 aromatic rings. The number of anilines is 1. The molecule has 1 aromatic heterocycles. The number of nitrogens with two attached hydrogens (primary N) is 1. The molecule has 0 radical (unpaired) electrons. The van der Waals surface area contributed by atoms with Crippen LogP contribution in [0.2, 0.25) is 0 Å². The Morgan fingerprint density at radius 3 is 2.67 bits per heavy atom. The molecule has 0 aromatic carbocycles. The van der Waals surface area contributed by atoms with Crippen molar-refractivity contribution in [3.8, 4) is 0 Å². The predicted molar refractivity (Wildman–Crippen MR) is 78.8 cm³/mol. The number of hydrogen-bond acceptors (Lipinski definition) is 5. The number of amides is 1. The average Bonchev–Trinajstić information content (AvgIpc) is 2.47. The Kier molecular flexibility index (Phi) is 4.11. The van der Waals surface area contributed by atoms with E-state index in [4.69, 9.17) is 5.73 Å². The summed E-state index contributed by atoms with van der Waals surface area (Å²) in [6, 6.07) is 1.29. The third kappa shape index (κ3) is 3.12. The Hall–Kier alpha value is -2.18.